The molecule has 1 heterocycles. The van der Waals surface area contributed by atoms with Crippen molar-refractivity contribution in [3.63, 3.8) is 0 Å². The molecule has 20 heavy (non-hydrogen) atoms. The molecule has 0 radical (unpaired) electrons. The third-order valence-electron chi connectivity index (χ3n) is 3.48. The van der Waals surface area contributed by atoms with Crippen LogP contribution in [0.3, 0.4) is 0 Å². The maximum Gasteiger partial charge on any atom is 0.151 e. The van der Waals surface area contributed by atoms with Gasteiger partial charge >= 0.3 is 0 Å². The van der Waals surface area contributed by atoms with Gasteiger partial charge in [-0.2, -0.15) is 0 Å². The highest BCUT2D eigenvalue weighted by molar-refractivity contribution is 5.81. The van der Waals surface area contributed by atoms with Gasteiger partial charge < -0.3 is 10.3 Å². The Labute approximate surface area is 116 Å². The topological polar surface area (TPSA) is 43.8 Å². The van der Waals surface area contributed by atoms with E-state index in [1.165, 1.54) is 6.07 Å². The summed E-state index contributed by atoms with van der Waals surface area (Å²) in [4.78, 5) is 4.44. The van der Waals surface area contributed by atoms with E-state index in [1.807, 2.05) is 35.9 Å². The first-order chi connectivity index (χ1) is 9.70. The fourth-order valence-electron chi connectivity index (χ4n) is 2.47. The molecule has 0 unspecified atom stereocenters. The van der Waals surface area contributed by atoms with Crippen LogP contribution in [0.5, 0.6) is 0 Å². The Kier molecular flexibility index (Phi) is 3.24. The lowest BCUT2D eigenvalue weighted by molar-refractivity contribution is 0.637. The largest absolute Gasteiger partial charge is 0.330 e. The van der Waals surface area contributed by atoms with Crippen molar-refractivity contribution < 1.29 is 4.39 Å². The van der Waals surface area contributed by atoms with E-state index >= 15 is 0 Å². The van der Waals surface area contributed by atoms with E-state index in [-0.39, 0.29) is 5.82 Å². The Bertz CT molecular complexity index is 762. The molecule has 2 aromatic carbocycles. The SMILES string of the molecule is Cn1c(-c2cccc(CCN)c2)nc2c(F)cccc21. The minimum absolute atomic E-state index is 0.289. The van der Waals surface area contributed by atoms with Crippen molar-refractivity contribution in [2.45, 2.75) is 6.42 Å². The van der Waals surface area contributed by atoms with Crippen molar-refractivity contribution in [3.8, 4) is 11.4 Å². The van der Waals surface area contributed by atoms with Crippen molar-refractivity contribution in [1.29, 1.82) is 0 Å². The number of imidazole rings is 1. The van der Waals surface area contributed by atoms with Crippen LogP contribution in [0.4, 0.5) is 4.39 Å². The zero-order valence-electron chi connectivity index (χ0n) is 11.3. The molecule has 102 valence electrons. The second kappa shape index (κ2) is 5.06. The highest BCUT2D eigenvalue weighted by Crippen LogP contribution is 2.25. The van der Waals surface area contributed by atoms with E-state index < -0.39 is 0 Å². The molecule has 0 saturated carbocycles. The molecule has 3 rings (SSSR count). The molecule has 0 spiro atoms. The van der Waals surface area contributed by atoms with Gasteiger partial charge in [0.15, 0.2) is 5.82 Å². The Balaban J connectivity index is 2.17. The number of benzene rings is 2. The monoisotopic (exact) mass is 269 g/mol. The fraction of sp³-hybridized carbons (Fsp3) is 0.188. The summed E-state index contributed by atoms with van der Waals surface area (Å²) in [5.41, 5.74) is 8.94. The molecule has 0 fully saturated rings. The number of halogens is 1. The first-order valence-corrected chi connectivity index (χ1v) is 6.61. The van der Waals surface area contributed by atoms with Crippen molar-refractivity contribution in [2.24, 2.45) is 12.8 Å². The molecular formula is C16H16FN3. The van der Waals surface area contributed by atoms with Crippen molar-refractivity contribution in [1.82, 2.24) is 9.55 Å². The van der Waals surface area contributed by atoms with Gasteiger partial charge in [0.05, 0.1) is 5.52 Å². The van der Waals surface area contributed by atoms with Gasteiger partial charge in [0.2, 0.25) is 0 Å². The van der Waals surface area contributed by atoms with Crippen LogP contribution in [0.25, 0.3) is 22.4 Å². The molecule has 0 atom stereocenters. The van der Waals surface area contributed by atoms with Crippen LogP contribution >= 0.6 is 0 Å². The smallest absolute Gasteiger partial charge is 0.151 e. The molecule has 0 amide bonds. The Morgan fingerprint density at radius 1 is 1.20 bits per heavy atom. The number of hydrogen-bond donors (Lipinski definition) is 1. The Hall–Kier alpha value is -2.20. The van der Waals surface area contributed by atoms with Crippen LogP contribution in [0, 0.1) is 5.82 Å². The van der Waals surface area contributed by atoms with E-state index in [2.05, 4.69) is 11.1 Å². The summed E-state index contributed by atoms with van der Waals surface area (Å²) < 4.78 is 15.7. The first-order valence-electron chi connectivity index (χ1n) is 6.61. The van der Waals surface area contributed by atoms with Crippen molar-refractivity contribution in [3.05, 3.63) is 53.8 Å². The summed E-state index contributed by atoms with van der Waals surface area (Å²) in [6.45, 7) is 0.612. The summed E-state index contributed by atoms with van der Waals surface area (Å²) in [7, 11) is 1.90. The zero-order chi connectivity index (χ0) is 14.1. The molecule has 2 N–H and O–H groups in total. The first kappa shape index (κ1) is 12.8. The van der Waals surface area contributed by atoms with E-state index in [0.29, 0.717) is 12.1 Å². The number of hydrogen-bond acceptors (Lipinski definition) is 2. The standard InChI is InChI=1S/C16H16FN3/c1-20-14-7-3-6-13(17)15(14)19-16(20)12-5-2-4-11(10-12)8-9-18/h2-7,10H,8-9,18H2,1H3. The number of rotatable bonds is 3. The van der Waals surface area contributed by atoms with Gasteiger partial charge in [-0.1, -0.05) is 24.3 Å². The average Bonchev–Trinajstić information content (AvgIpc) is 2.79. The normalized spacial score (nSPS) is 11.2. The van der Waals surface area contributed by atoms with Crippen molar-refractivity contribution >= 4 is 11.0 Å². The van der Waals surface area contributed by atoms with Gasteiger partial charge in [-0.3, -0.25) is 0 Å². The molecule has 3 nitrogen and oxygen atoms in total. The van der Waals surface area contributed by atoms with Crippen LogP contribution in [0.15, 0.2) is 42.5 Å². The Morgan fingerprint density at radius 3 is 2.75 bits per heavy atom. The lowest BCUT2D eigenvalue weighted by Crippen LogP contribution is -2.02. The molecule has 0 aliphatic carbocycles. The maximum atomic E-state index is 13.8. The molecule has 0 aliphatic heterocycles. The zero-order valence-corrected chi connectivity index (χ0v) is 11.3. The van der Waals surface area contributed by atoms with E-state index in [0.717, 1.165) is 28.9 Å². The number of aromatic nitrogens is 2. The third kappa shape index (κ3) is 2.08. The molecule has 0 bridgehead atoms. The van der Waals surface area contributed by atoms with Crippen LogP contribution < -0.4 is 5.73 Å². The Morgan fingerprint density at radius 2 is 2.00 bits per heavy atom. The highest BCUT2D eigenvalue weighted by Gasteiger charge is 2.12. The average molecular weight is 269 g/mol. The molecule has 4 heteroatoms. The molecule has 1 aromatic heterocycles. The van der Waals surface area contributed by atoms with E-state index in [1.54, 1.807) is 6.07 Å². The maximum absolute atomic E-state index is 13.8. The minimum atomic E-state index is -0.289. The van der Waals surface area contributed by atoms with Gasteiger partial charge in [-0.25, -0.2) is 9.37 Å². The van der Waals surface area contributed by atoms with Crippen LogP contribution in [0.2, 0.25) is 0 Å². The molecular weight excluding hydrogens is 253 g/mol. The minimum Gasteiger partial charge on any atom is -0.330 e. The number of para-hydroxylation sites is 1. The van der Waals surface area contributed by atoms with Gasteiger partial charge in [-0.15, -0.1) is 0 Å². The van der Waals surface area contributed by atoms with Crippen LogP contribution in [-0.4, -0.2) is 16.1 Å². The van der Waals surface area contributed by atoms with Gasteiger partial charge in [-0.05, 0) is 36.7 Å². The van der Waals surface area contributed by atoms with E-state index in [9.17, 15) is 4.39 Å². The van der Waals surface area contributed by atoms with Gasteiger partial charge in [0.1, 0.15) is 11.3 Å². The van der Waals surface area contributed by atoms with Gasteiger partial charge in [0.25, 0.3) is 0 Å². The predicted octanol–water partition coefficient (Wildman–Crippen LogP) is 2.88. The number of aryl methyl sites for hydroxylation is 1. The highest BCUT2D eigenvalue weighted by atomic mass is 19.1. The lowest BCUT2D eigenvalue weighted by atomic mass is 10.1. The second-order valence-electron chi connectivity index (χ2n) is 4.84. The predicted molar refractivity (Wildman–Crippen MR) is 78.9 cm³/mol. The van der Waals surface area contributed by atoms with E-state index in [4.69, 9.17) is 5.73 Å². The summed E-state index contributed by atoms with van der Waals surface area (Å²) in [6, 6.07) is 13.1. The van der Waals surface area contributed by atoms with Crippen LogP contribution in [-0.2, 0) is 13.5 Å². The molecule has 3 aromatic rings. The number of fused-ring (bicyclic) bond motifs is 1. The van der Waals surface area contributed by atoms with Crippen molar-refractivity contribution in [2.75, 3.05) is 6.54 Å². The number of nitrogens with two attached hydrogens (primary N) is 1. The molecule has 0 aliphatic rings. The second-order valence-corrected chi connectivity index (χ2v) is 4.84. The van der Waals surface area contributed by atoms with Crippen LogP contribution in [0.1, 0.15) is 5.56 Å². The lowest BCUT2D eigenvalue weighted by Gasteiger charge is -2.05. The summed E-state index contributed by atoms with van der Waals surface area (Å²) in [5.74, 6) is 0.478. The summed E-state index contributed by atoms with van der Waals surface area (Å²) in [6.07, 6.45) is 0.826. The van der Waals surface area contributed by atoms with Gasteiger partial charge in [0, 0.05) is 12.6 Å². The quantitative estimate of drug-likeness (QED) is 0.794. The fourth-order valence-corrected chi connectivity index (χ4v) is 2.47. The number of nitrogens with zero attached hydrogens (tertiary/aromatic N) is 2. The summed E-state index contributed by atoms with van der Waals surface area (Å²) in [5, 5.41) is 0. The summed E-state index contributed by atoms with van der Waals surface area (Å²) >= 11 is 0. The molecule has 0 saturated heterocycles. The third-order valence-corrected chi connectivity index (χ3v) is 3.48.